The summed E-state index contributed by atoms with van der Waals surface area (Å²) in [5.74, 6) is 2.44. The van der Waals surface area contributed by atoms with Gasteiger partial charge in [-0.25, -0.2) is 0 Å². The van der Waals surface area contributed by atoms with Crippen LogP contribution in [0.1, 0.15) is 54.8 Å². The summed E-state index contributed by atoms with van der Waals surface area (Å²) in [6.07, 6.45) is 4.61. The summed E-state index contributed by atoms with van der Waals surface area (Å²) in [6.45, 7) is 7.10. The number of nitrogens with one attached hydrogen (secondary N) is 1. The summed E-state index contributed by atoms with van der Waals surface area (Å²) in [4.78, 5) is 14.9. The molecule has 3 heterocycles. The Morgan fingerprint density at radius 2 is 2.08 bits per heavy atom. The van der Waals surface area contributed by atoms with Gasteiger partial charge in [0, 0.05) is 50.9 Å². The molecule has 6 nitrogen and oxygen atoms in total. The lowest BCUT2D eigenvalue weighted by molar-refractivity contribution is 0.0550. The summed E-state index contributed by atoms with van der Waals surface area (Å²) in [5, 5.41) is 7.10. The van der Waals surface area contributed by atoms with Crippen molar-refractivity contribution in [2.45, 2.75) is 44.6 Å². The third-order valence-corrected chi connectivity index (χ3v) is 5.60. The molecule has 3 fully saturated rings. The van der Waals surface area contributed by atoms with Gasteiger partial charge in [0.25, 0.3) is 5.91 Å². The molecular weight excluding hydrogens is 306 g/mol. The number of rotatable bonds is 5. The normalized spacial score (nSPS) is 29.0. The van der Waals surface area contributed by atoms with Gasteiger partial charge in [-0.3, -0.25) is 4.79 Å². The summed E-state index contributed by atoms with van der Waals surface area (Å²) < 4.78 is 10.7. The zero-order valence-electron chi connectivity index (χ0n) is 14.4. The maximum atomic E-state index is 12.4. The van der Waals surface area contributed by atoms with Crippen LogP contribution in [0.25, 0.3) is 0 Å². The van der Waals surface area contributed by atoms with Gasteiger partial charge >= 0.3 is 0 Å². The van der Waals surface area contributed by atoms with E-state index >= 15 is 0 Å². The molecule has 0 bridgehead atoms. The van der Waals surface area contributed by atoms with Gasteiger partial charge in [-0.05, 0) is 37.5 Å². The number of nitrogens with zero attached hydrogens (tertiary/aromatic N) is 2. The predicted molar refractivity (Wildman–Crippen MR) is 88.9 cm³/mol. The fourth-order valence-electron chi connectivity index (χ4n) is 3.90. The maximum Gasteiger partial charge on any atom is 0.273 e. The monoisotopic (exact) mass is 333 g/mol. The molecule has 24 heavy (non-hydrogen) atoms. The molecular formula is C18H27N3O3. The number of aromatic nitrogens is 1. The standard InChI is InChI=1S/C18H27N3O3/c1-12-9-21(10-13-4-6-23-7-5-13)11-16(12)19-18(22)15-8-17(24-20-15)14-2-3-14/h8,12-14,16H,2-7,9-11H2,1H3,(H,19,22)/t12-,16+/m1/s1. The van der Waals surface area contributed by atoms with Crippen LogP contribution in [0.2, 0.25) is 0 Å². The van der Waals surface area contributed by atoms with Gasteiger partial charge < -0.3 is 19.5 Å². The highest BCUT2D eigenvalue weighted by Gasteiger charge is 2.33. The number of ether oxygens (including phenoxy) is 1. The first-order valence-electron chi connectivity index (χ1n) is 9.26. The van der Waals surface area contributed by atoms with Crippen molar-refractivity contribution >= 4 is 5.91 Å². The minimum Gasteiger partial charge on any atom is -0.381 e. The summed E-state index contributed by atoms with van der Waals surface area (Å²) >= 11 is 0. The molecule has 0 radical (unpaired) electrons. The Bertz CT molecular complexity index is 578. The van der Waals surface area contributed by atoms with Crippen molar-refractivity contribution in [3.8, 4) is 0 Å². The van der Waals surface area contributed by atoms with Crippen molar-refractivity contribution in [1.82, 2.24) is 15.4 Å². The first-order chi connectivity index (χ1) is 11.7. The Hall–Kier alpha value is -1.40. The van der Waals surface area contributed by atoms with E-state index in [-0.39, 0.29) is 11.9 Å². The lowest BCUT2D eigenvalue weighted by Crippen LogP contribution is -2.40. The molecule has 2 saturated heterocycles. The van der Waals surface area contributed by atoms with Crippen molar-refractivity contribution in [3.63, 3.8) is 0 Å². The van der Waals surface area contributed by atoms with E-state index in [0.29, 0.717) is 17.5 Å². The van der Waals surface area contributed by atoms with Gasteiger partial charge in [-0.15, -0.1) is 0 Å². The van der Waals surface area contributed by atoms with Crippen LogP contribution >= 0.6 is 0 Å². The van der Waals surface area contributed by atoms with Crippen LogP contribution in [0.15, 0.2) is 10.6 Å². The van der Waals surface area contributed by atoms with E-state index in [2.05, 4.69) is 22.3 Å². The summed E-state index contributed by atoms with van der Waals surface area (Å²) in [6, 6.07) is 2.00. The highest BCUT2D eigenvalue weighted by molar-refractivity contribution is 5.92. The van der Waals surface area contributed by atoms with E-state index in [1.54, 1.807) is 0 Å². The van der Waals surface area contributed by atoms with Crippen LogP contribution in [0, 0.1) is 11.8 Å². The predicted octanol–water partition coefficient (Wildman–Crippen LogP) is 2.03. The molecule has 1 amide bonds. The fraction of sp³-hybridized carbons (Fsp3) is 0.778. The van der Waals surface area contributed by atoms with E-state index in [0.717, 1.165) is 70.2 Å². The second kappa shape index (κ2) is 6.84. The van der Waals surface area contributed by atoms with Crippen LogP contribution in [0.3, 0.4) is 0 Å². The molecule has 1 aromatic rings. The fourth-order valence-corrected chi connectivity index (χ4v) is 3.90. The highest BCUT2D eigenvalue weighted by atomic mass is 16.5. The molecule has 1 saturated carbocycles. The first kappa shape index (κ1) is 16.1. The highest BCUT2D eigenvalue weighted by Crippen LogP contribution is 2.40. The molecule has 1 aliphatic carbocycles. The number of likely N-dealkylation sites (tertiary alicyclic amines) is 1. The first-order valence-corrected chi connectivity index (χ1v) is 9.26. The van der Waals surface area contributed by atoms with Crippen LogP contribution in [-0.2, 0) is 4.74 Å². The maximum absolute atomic E-state index is 12.4. The lowest BCUT2D eigenvalue weighted by atomic mass is 10.00. The quantitative estimate of drug-likeness (QED) is 0.893. The Labute approximate surface area is 142 Å². The molecule has 3 aliphatic rings. The van der Waals surface area contributed by atoms with Crippen molar-refractivity contribution in [2.24, 2.45) is 11.8 Å². The van der Waals surface area contributed by atoms with Gasteiger partial charge in [-0.1, -0.05) is 12.1 Å². The lowest BCUT2D eigenvalue weighted by Gasteiger charge is -2.26. The van der Waals surface area contributed by atoms with Crippen LogP contribution in [0.5, 0.6) is 0 Å². The number of amides is 1. The third kappa shape index (κ3) is 3.64. The average Bonchev–Trinajstić information content (AvgIpc) is 3.21. The zero-order chi connectivity index (χ0) is 16.5. The minimum atomic E-state index is -0.101. The van der Waals surface area contributed by atoms with E-state index in [4.69, 9.17) is 9.26 Å². The number of carbonyl (C=O) groups is 1. The Balaban J connectivity index is 1.29. The second-order valence-corrected chi connectivity index (χ2v) is 7.72. The molecule has 1 N–H and O–H groups in total. The van der Waals surface area contributed by atoms with E-state index < -0.39 is 0 Å². The molecule has 0 aromatic carbocycles. The average molecular weight is 333 g/mol. The number of hydrogen-bond donors (Lipinski definition) is 1. The second-order valence-electron chi connectivity index (χ2n) is 7.72. The Kier molecular flexibility index (Phi) is 4.59. The summed E-state index contributed by atoms with van der Waals surface area (Å²) in [5.41, 5.74) is 0.423. The van der Waals surface area contributed by atoms with Crippen molar-refractivity contribution in [1.29, 1.82) is 0 Å². The number of carbonyl (C=O) groups excluding carboxylic acids is 1. The summed E-state index contributed by atoms with van der Waals surface area (Å²) in [7, 11) is 0. The van der Waals surface area contributed by atoms with E-state index in [1.807, 2.05) is 6.07 Å². The zero-order valence-corrected chi connectivity index (χ0v) is 14.4. The van der Waals surface area contributed by atoms with Gasteiger partial charge in [0.2, 0.25) is 0 Å². The molecule has 6 heteroatoms. The molecule has 0 spiro atoms. The molecule has 1 aromatic heterocycles. The smallest absolute Gasteiger partial charge is 0.273 e. The molecule has 4 rings (SSSR count). The van der Waals surface area contributed by atoms with Gasteiger partial charge in [0.1, 0.15) is 5.76 Å². The van der Waals surface area contributed by atoms with Crippen molar-refractivity contribution < 1.29 is 14.1 Å². The molecule has 2 atom stereocenters. The van der Waals surface area contributed by atoms with Crippen molar-refractivity contribution in [3.05, 3.63) is 17.5 Å². The molecule has 2 aliphatic heterocycles. The van der Waals surface area contributed by atoms with Crippen LogP contribution < -0.4 is 5.32 Å². The van der Waals surface area contributed by atoms with E-state index in [1.165, 1.54) is 0 Å². The Morgan fingerprint density at radius 3 is 2.83 bits per heavy atom. The van der Waals surface area contributed by atoms with Gasteiger partial charge in [-0.2, -0.15) is 0 Å². The Morgan fingerprint density at radius 1 is 1.29 bits per heavy atom. The SMILES string of the molecule is C[C@@H]1CN(CC2CCOCC2)C[C@@H]1NC(=O)c1cc(C2CC2)on1. The van der Waals surface area contributed by atoms with Gasteiger partial charge in [0.15, 0.2) is 5.69 Å². The topological polar surface area (TPSA) is 67.6 Å². The van der Waals surface area contributed by atoms with E-state index in [9.17, 15) is 4.79 Å². The third-order valence-electron chi connectivity index (χ3n) is 5.60. The number of hydrogen-bond acceptors (Lipinski definition) is 5. The molecule has 0 unspecified atom stereocenters. The largest absolute Gasteiger partial charge is 0.381 e. The van der Waals surface area contributed by atoms with Crippen LogP contribution in [-0.4, -0.2) is 54.9 Å². The van der Waals surface area contributed by atoms with Crippen LogP contribution in [0.4, 0.5) is 0 Å². The van der Waals surface area contributed by atoms with Crippen molar-refractivity contribution in [2.75, 3.05) is 32.8 Å². The molecule has 132 valence electrons. The minimum absolute atomic E-state index is 0.101. The van der Waals surface area contributed by atoms with Gasteiger partial charge in [0.05, 0.1) is 0 Å².